The first-order chi connectivity index (χ1) is 10.5. The van der Waals surface area contributed by atoms with E-state index in [1.807, 2.05) is 38.1 Å². The van der Waals surface area contributed by atoms with Crippen molar-refractivity contribution < 1.29 is 14.3 Å². The molecule has 0 aliphatic rings. The summed E-state index contributed by atoms with van der Waals surface area (Å²) < 4.78 is 5.24. The van der Waals surface area contributed by atoms with E-state index in [9.17, 15) is 9.59 Å². The van der Waals surface area contributed by atoms with E-state index in [0.717, 1.165) is 16.9 Å². The average Bonchev–Trinajstić information content (AvgIpc) is 2.89. The van der Waals surface area contributed by atoms with Gasteiger partial charge in [-0.25, -0.2) is 4.79 Å². The Morgan fingerprint density at radius 3 is 2.55 bits per heavy atom. The van der Waals surface area contributed by atoms with Crippen molar-refractivity contribution in [3.05, 3.63) is 51.7 Å². The Balaban J connectivity index is 1.97. The van der Waals surface area contributed by atoms with Gasteiger partial charge in [-0.05, 0) is 44.0 Å². The Labute approximate surface area is 134 Å². The standard InChI is InChI=1S/C17H19NO3S/c1-4-13-10-15(22-12(13)3)17(20)21-11(2)16(19)18-14-8-6-5-7-9-14/h5-11H,4H2,1-3H3,(H,18,19)/t11-/m0/s1. The molecule has 116 valence electrons. The molecule has 5 heteroatoms. The average molecular weight is 317 g/mol. The van der Waals surface area contributed by atoms with Crippen LogP contribution in [0.4, 0.5) is 5.69 Å². The molecule has 2 rings (SSSR count). The molecule has 0 fully saturated rings. The minimum atomic E-state index is -0.847. The lowest BCUT2D eigenvalue weighted by molar-refractivity contribution is -0.123. The second kappa shape index (κ2) is 7.22. The van der Waals surface area contributed by atoms with Crippen molar-refractivity contribution in [2.24, 2.45) is 0 Å². The number of amides is 1. The van der Waals surface area contributed by atoms with Gasteiger partial charge in [0.2, 0.25) is 0 Å². The highest BCUT2D eigenvalue weighted by molar-refractivity contribution is 7.14. The highest BCUT2D eigenvalue weighted by Gasteiger charge is 2.20. The summed E-state index contributed by atoms with van der Waals surface area (Å²) in [5.41, 5.74) is 1.81. The predicted molar refractivity (Wildman–Crippen MR) is 88.4 cm³/mol. The number of ether oxygens (including phenoxy) is 1. The molecule has 1 amide bonds. The van der Waals surface area contributed by atoms with Gasteiger partial charge in [-0.3, -0.25) is 4.79 Å². The lowest BCUT2D eigenvalue weighted by atomic mass is 10.2. The Kier molecular flexibility index (Phi) is 5.33. The number of esters is 1. The minimum Gasteiger partial charge on any atom is -0.448 e. The third kappa shape index (κ3) is 3.95. The van der Waals surface area contributed by atoms with E-state index in [4.69, 9.17) is 4.74 Å². The second-order valence-corrected chi connectivity index (χ2v) is 6.20. The largest absolute Gasteiger partial charge is 0.448 e. The van der Waals surface area contributed by atoms with Gasteiger partial charge in [-0.2, -0.15) is 0 Å². The van der Waals surface area contributed by atoms with Crippen LogP contribution in [0.15, 0.2) is 36.4 Å². The summed E-state index contributed by atoms with van der Waals surface area (Å²) in [5, 5.41) is 2.71. The van der Waals surface area contributed by atoms with Crippen molar-refractivity contribution in [3.63, 3.8) is 0 Å². The van der Waals surface area contributed by atoms with E-state index in [-0.39, 0.29) is 5.91 Å². The topological polar surface area (TPSA) is 55.4 Å². The lowest BCUT2D eigenvalue weighted by Gasteiger charge is -2.12. The number of para-hydroxylation sites is 1. The Morgan fingerprint density at radius 2 is 1.95 bits per heavy atom. The Bertz CT molecular complexity index is 664. The fraction of sp³-hybridized carbons (Fsp3) is 0.294. The molecule has 0 bridgehead atoms. The molecule has 0 aliphatic heterocycles. The van der Waals surface area contributed by atoms with Crippen molar-refractivity contribution in [3.8, 4) is 0 Å². The third-order valence-electron chi connectivity index (χ3n) is 3.30. The monoisotopic (exact) mass is 317 g/mol. The van der Waals surface area contributed by atoms with Crippen molar-refractivity contribution in [2.75, 3.05) is 5.32 Å². The van der Waals surface area contributed by atoms with E-state index in [1.165, 1.54) is 11.3 Å². The summed E-state index contributed by atoms with van der Waals surface area (Å²) in [4.78, 5) is 25.8. The molecule has 1 aromatic heterocycles. The lowest BCUT2D eigenvalue weighted by Crippen LogP contribution is -2.29. The molecule has 0 radical (unpaired) electrons. The smallest absolute Gasteiger partial charge is 0.349 e. The molecule has 1 atom stereocenters. The first-order valence-electron chi connectivity index (χ1n) is 7.17. The molecule has 0 unspecified atom stereocenters. The fourth-order valence-electron chi connectivity index (χ4n) is 2.01. The van der Waals surface area contributed by atoms with Gasteiger partial charge in [-0.15, -0.1) is 11.3 Å². The van der Waals surface area contributed by atoms with Crippen LogP contribution in [0.1, 0.15) is 34.0 Å². The van der Waals surface area contributed by atoms with Gasteiger partial charge in [0, 0.05) is 10.6 Å². The van der Waals surface area contributed by atoms with Gasteiger partial charge in [-0.1, -0.05) is 25.1 Å². The number of anilines is 1. The van der Waals surface area contributed by atoms with Crippen molar-refractivity contribution in [1.29, 1.82) is 0 Å². The molecule has 22 heavy (non-hydrogen) atoms. The number of nitrogens with one attached hydrogen (secondary N) is 1. The van der Waals surface area contributed by atoms with Crippen LogP contribution in [0.2, 0.25) is 0 Å². The maximum atomic E-state index is 12.1. The summed E-state index contributed by atoms with van der Waals surface area (Å²) in [6.07, 6.45) is 0.0276. The van der Waals surface area contributed by atoms with Gasteiger partial charge in [0.05, 0.1) is 0 Å². The molecule has 2 aromatic rings. The summed E-state index contributed by atoms with van der Waals surface area (Å²) in [7, 11) is 0. The number of hydrogen-bond acceptors (Lipinski definition) is 4. The number of aryl methyl sites for hydroxylation is 2. The summed E-state index contributed by atoms with van der Waals surface area (Å²) in [6.45, 7) is 5.59. The van der Waals surface area contributed by atoms with Crippen molar-refractivity contribution in [2.45, 2.75) is 33.3 Å². The highest BCUT2D eigenvalue weighted by Crippen LogP contribution is 2.23. The van der Waals surface area contributed by atoms with Gasteiger partial charge < -0.3 is 10.1 Å². The van der Waals surface area contributed by atoms with Gasteiger partial charge in [0.1, 0.15) is 4.88 Å². The van der Waals surface area contributed by atoms with E-state index in [2.05, 4.69) is 5.32 Å². The first-order valence-corrected chi connectivity index (χ1v) is 7.99. The number of thiophene rings is 1. The van der Waals surface area contributed by atoms with Crippen molar-refractivity contribution >= 4 is 28.9 Å². The Morgan fingerprint density at radius 1 is 1.27 bits per heavy atom. The van der Waals surface area contributed by atoms with Crippen LogP contribution in [-0.2, 0) is 16.0 Å². The normalized spacial score (nSPS) is 11.8. The maximum Gasteiger partial charge on any atom is 0.349 e. The SMILES string of the molecule is CCc1cc(C(=O)O[C@@H](C)C(=O)Nc2ccccc2)sc1C. The molecular weight excluding hydrogens is 298 g/mol. The van der Waals surface area contributed by atoms with Gasteiger partial charge in [0.25, 0.3) is 5.91 Å². The quantitative estimate of drug-likeness (QED) is 0.853. The van der Waals surface area contributed by atoms with E-state index in [0.29, 0.717) is 10.6 Å². The molecule has 0 saturated carbocycles. The first kappa shape index (κ1) is 16.2. The molecule has 1 heterocycles. The zero-order chi connectivity index (χ0) is 16.1. The summed E-state index contributed by atoms with van der Waals surface area (Å²) in [6, 6.07) is 10.9. The van der Waals surface area contributed by atoms with Crippen LogP contribution in [-0.4, -0.2) is 18.0 Å². The summed E-state index contributed by atoms with van der Waals surface area (Å²) >= 11 is 1.40. The van der Waals surface area contributed by atoms with E-state index >= 15 is 0 Å². The molecule has 1 aromatic carbocycles. The van der Waals surface area contributed by atoms with Crippen LogP contribution in [0.3, 0.4) is 0 Å². The van der Waals surface area contributed by atoms with E-state index < -0.39 is 12.1 Å². The molecule has 4 nitrogen and oxygen atoms in total. The number of rotatable bonds is 5. The van der Waals surface area contributed by atoms with E-state index in [1.54, 1.807) is 19.1 Å². The molecule has 0 spiro atoms. The van der Waals surface area contributed by atoms with Gasteiger partial charge in [0.15, 0.2) is 6.10 Å². The number of hydrogen-bond donors (Lipinski definition) is 1. The molecule has 0 aliphatic carbocycles. The molecular formula is C17H19NO3S. The highest BCUT2D eigenvalue weighted by atomic mass is 32.1. The Hall–Kier alpha value is -2.14. The van der Waals surface area contributed by atoms with Crippen LogP contribution in [0, 0.1) is 6.92 Å². The van der Waals surface area contributed by atoms with Crippen LogP contribution in [0.5, 0.6) is 0 Å². The van der Waals surface area contributed by atoms with Crippen LogP contribution >= 0.6 is 11.3 Å². The second-order valence-electron chi connectivity index (χ2n) is 4.95. The number of carbonyl (C=O) groups is 2. The van der Waals surface area contributed by atoms with Crippen LogP contribution < -0.4 is 5.32 Å². The van der Waals surface area contributed by atoms with Gasteiger partial charge >= 0.3 is 5.97 Å². The minimum absolute atomic E-state index is 0.344. The maximum absolute atomic E-state index is 12.1. The third-order valence-corrected chi connectivity index (χ3v) is 4.37. The van der Waals surface area contributed by atoms with Crippen LogP contribution in [0.25, 0.3) is 0 Å². The zero-order valence-electron chi connectivity index (χ0n) is 12.9. The number of benzene rings is 1. The molecule has 1 N–H and O–H groups in total. The summed E-state index contributed by atoms with van der Waals surface area (Å²) in [5.74, 6) is -0.799. The molecule has 0 saturated heterocycles. The fourth-order valence-corrected chi connectivity index (χ4v) is 3.01. The zero-order valence-corrected chi connectivity index (χ0v) is 13.7. The number of carbonyl (C=O) groups excluding carboxylic acids is 2. The van der Waals surface area contributed by atoms with Crippen molar-refractivity contribution in [1.82, 2.24) is 0 Å². The predicted octanol–water partition coefficient (Wildman–Crippen LogP) is 3.80.